The summed E-state index contributed by atoms with van der Waals surface area (Å²) in [6, 6.07) is 4.55. The molecule has 0 atom stereocenters. The van der Waals surface area contributed by atoms with E-state index >= 15 is 0 Å². The predicted octanol–water partition coefficient (Wildman–Crippen LogP) is 2.91. The van der Waals surface area contributed by atoms with Gasteiger partial charge in [0.2, 0.25) is 0 Å². The van der Waals surface area contributed by atoms with Crippen molar-refractivity contribution >= 4 is 17.3 Å². The molecule has 1 N–H and O–H groups in total. The van der Waals surface area contributed by atoms with Crippen molar-refractivity contribution in [1.82, 2.24) is 0 Å². The van der Waals surface area contributed by atoms with Crippen molar-refractivity contribution in [1.29, 1.82) is 0 Å². The highest BCUT2D eigenvalue weighted by Gasteiger charge is 2.03. The summed E-state index contributed by atoms with van der Waals surface area (Å²) in [5.74, 6) is 5.11. The third-order valence-corrected chi connectivity index (χ3v) is 1.81. The number of hydrogen-bond donors (Lipinski definition) is 1. The van der Waals surface area contributed by atoms with Crippen LogP contribution in [0.1, 0.15) is 6.92 Å². The van der Waals surface area contributed by atoms with Gasteiger partial charge in [-0.3, -0.25) is 0 Å². The Balaban J connectivity index is 2.79. The van der Waals surface area contributed by atoms with Gasteiger partial charge in [0.05, 0.1) is 17.3 Å². The van der Waals surface area contributed by atoms with Crippen LogP contribution in [-0.2, 0) is 0 Å². The molecule has 1 aromatic rings. The van der Waals surface area contributed by atoms with Gasteiger partial charge in [-0.15, -0.1) is 5.92 Å². The van der Waals surface area contributed by atoms with Crippen LogP contribution in [0.25, 0.3) is 0 Å². The van der Waals surface area contributed by atoms with Gasteiger partial charge in [-0.05, 0) is 19.1 Å². The zero-order valence-electron chi connectivity index (χ0n) is 7.20. The van der Waals surface area contributed by atoms with Crippen LogP contribution in [0.4, 0.5) is 10.1 Å². The lowest BCUT2D eigenvalue weighted by Crippen LogP contribution is -2.01. The molecule has 1 nitrogen and oxygen atoms in total. The van der Waals surface area contributed by atoms with E-state index in [9.17, 15) is 4.39 Å². The molecule has 0 aromatic heterocycles. The topological polar surface area (TPSA) is 12.0 Å². The lowest BCUT2D eigenvalue weighted by atomic mass is 10.3. The number of anilines is 1. The molecule has 0 aliphatic rings. The number of nitrogens with one attached hydrogen (secondary N) is 1. The minimum atomic E-state index is -0.356. The van der Waals surface area contributed by atoms with Gasteiger partial charge in [0.1, 0.15) is 5.82 Å². The Labute approximate surface area is 81.9 Å². The van der Waals surface area contributed by atoms with Crippen LogP contribution in [0.15, 0.2) is 18.2 Å². The van der Waals surface area contributed by atoms with E-state index in [1.807, 2.05) is 0 Å². The minimum Gasteiger partial charge on any atom is -0.371 e. The monoisotopic (exact) mass is 197 g/mol. The normalized spacial score (nSPS) is 8.85. The third-order valence-electron chi connectivity index (χ3n) is 1.49. The first-order chi connectivity index (χ1) is 6.25. The van der Waals surface area contributed by atoms with E-state index in [0.717, 1.165) is 0 Å². The standard InChI is InChI=1S/C10H9ClFN/c1-2-3-7-13-10-8(11)5-4-6-9(10)12/h4-6,13H,7H2,1H3. The maximum absolute atomic E-state index is 13.1. The average Bonchev–Trinajstić information content (AvgIpc) is 2.10. The molecule has 0 spiro atoms. The molecule has 3 heteroatoms. The Bertz CT molecular complexity index is 331. The van der Waals surface area contributed by atoms with Crippen molar-refractivity contribution < 1.29 is 4.39 Å². The van der Waals surface area contributed by atoms with Crippen molar-refractivity contribution in [3.63, 3.8) is 0 Å². The molecule has 13 heavy (non-hydrogen) atoms. The van der Waals surface area contributed by atoms with Crippen LogP contribution in [0.5, 0.6) is 0 Å². The third kappa shape index (κ3) is 2.64. The Morgan fingerprint density at radius 2 is 2.31 bits per heavy atom. The zero-order chi connectivity index (χ0) is 9.68. The van der Waals surface area contributed by atoms with Crippen LogP contribution >= 0.6 is 11.6 Å². The van der Waals surface area contributed by atoms with E-state index < -0.39 is 0 Å². The number of hydrogen-bond acceptors (Lipinski definition) is 1. The second-order valence-electron chi connectivity index (χ2n) is 2.38. The molecule has 0 aliphatic heterocycles. The van der Waals surface area contributed by atoms with Gasteiger partial charge in [0.15, 0.2) is 0 Å². The lowest BCUT2D eigenvalue weighted by Gasteiger charge is -2.05. The molecule has 0 radical (unpaired) electrons. The maximum Gasteiger partial charge on any atom is 0.147 e. The molecule has 0 fully saturated rings. The molecule has 0 saturated heterocycles. The van der Waals surface area contributed by atoms with Gasteiger partial charge < -0.3 is 5.32 Å². The second-order valence-corrected chi connectivity index (χ2v) is 2.78. The van der Waals surface area contributed by atoms with E-state index in [0.29, 0.717) is 17.3 Å². The molecule has 0 bridgehead atoms. The minimum absolute atomic E-state index is 0.312. The van der Waals surface area contributed by atoms with Gasteiger partial charge >= 0.3 is 0 Å². The quantitative estimate of drug-likeness (QED) is 0.719. The fourth-order valence-corrected chi connectivity index (χ4v) is 1.12. The van der Waals surface area contributed by atoms with Crippen molar-refractivity contribution in [2.75, 3.05) is 11.9 Å². The Morgan fingerprint density at radius 3 is 2.92 bits per heavy atom. The highest BCUT2D eigenvalue weighted by atomic mass is 35.5. The molecule has 1 aromatic carbocycles. The average molecular weight is 198 g/mol. The molecular formula is C10H9ClFN. The first-order valence-corrected chi connectivity index (χ1v) is 4.21. The maximum atomic E-state index is 13.1. The first-order valence-electron chi connectivity index (χ1n) is 3.83. The fourth-order valence-electron chi connectivity index (χ4n) is 0.888. The molecule has 1 rings (SSSR count). The van der Waals surface area contributed by atoms with Crippen LogP contribution in [0.2, 0.25) is 5.02 Å². The van der Waals surface area contributed by atoms with E-state index in [1.165, 1.54) is 6.07 Å². The van der Waals surface area contributed by atoms with E-state index in [-0.39, 0.29) is 5.82 Å². The zero-order valence-corrected chi connectivity index (χ0v) is 7.95. The summed E-state index contributed by atoms with van der Waals surface area (Å²) in [7, 11) is 0. The summed E-state index contributed by atoms with van der Waals surface area (Å²) in [5, 5.41) is 3.17. The van der Waals surface area contributed by atoms with Crippen LogP contribution in [-0.4, -0.2) is 6.54 Å². The largest absolute Gasteiger partial charge is 0.371 e. The highest BCUT2D eigenvalue weighted by molar-refractivity contribution is 6.33. The van der Waals surface area contributed by atoms with Gasteiger partial charge in [-0.2, -0.15) is 0 Å². The number of para-hydroxylation sites is 1. The summed E-state index contributed by atoms with van der Waals surface area (Å²) < 4.78 is 13.1. The lowest BCUT2D eigenvalue weighted by molar-refractivity contribution is 0.631. The van der Waals surface area contributed by atoms with Gasteiger partial charge in [0.25, 0.3) is 0 Å². The van der Waals surface area contributed by atoms with E-state index in [4.69, 9.17) is 11.6 Å². The number of rotatable bonds is 2. The smallest absolute Gasteiger partial charge is 0.147 e. The van der Waals surface area contributed by atoms with Crippen LogP contribution < -0.4 is 5.32 Å². The van der Waals surface area contributed by atoms with E-state index in [1.54, 1.807) is 19.1 Å². The van der Waals surface area contributed by atoms with Gasteiger partial charge in [0, 0.05) is 0 Å². The highest BCUT2D eigenvalue weighted by Crippen LogP contribution is 2.23. The fraction of sp³-hybridized carbons (Fsp3) is 0.200. The molecule has 68 valence electrons. The summed E-state index contributed by atoms with van der Waals surface area (Å²) >= 11 is 5.76. The van der Waals surface area contributed by atoms with Gasteiger partial charge in [-0.25, -0.2) is 4.39 Å². The van der Waals surface area contributed by atoms with E-state index in [2.05, 4.69) is 17.2 Å². The number of halogens is 2. The molecule has 0 aliphatic carbocycles. The van der Waals surface area contributed by atoms with Crippen molar-refractivity contribution in [2.24, 2.45) is 0 Å². The molecule has 0 unspecified atom stereocenters. The van der Waals surface area contributed by atoms with Crippen molar-refractivity contribution in [3.8, 4) is 11.8 Å². The number of benzene rings is 1. The predicted molar refractivity (Wildman–Crippen MR) is 53.3 cm³/mol. The molecule has 0 saturated carbocycles. The Hall–Kier alpha value is -1.20. The van der Waals surface area contributed by atoms with Gasteiger partial charge in [-0.1, -0.05) is 23.6 Å². The summed E-state index contributed by atoms with van der Waals surface area (Å²) in [6.07, 6.45) is 0. The SMILES string of the molecule is CC#CCNc1c(F)cccc1Cl. The Kier molecular flexibility index (Phi) is 3.60. The van der Waals surface area contributed by atoms with Crippen LogP contribution in [0, 0.1) is 17.7 Å². The summed E-state index contributed by atoms with van der Waals surface area (Å²) in [5.41, 5.74) is 0.312. The van der Waals surface area contributed by atoms with Crippen LogP contribution in [0.3, 0.4) is 0 Å². The van der Waals surface area contributed by atoms with Crippen molar-refractivity contribution in [2.45, 2.75) is 6.92 Å². The summed E-state index contributed by atoms with van der Waals surface area (Å²) in [4.78, 5) is 0. The second kappa shape index (κ2) is 4.74. The summed E-state index contributed by atoms with van der Waals surface area (Å²) in [6.45, 7) is 2.13. The molecular weight excluding hydrogens is 189 g/mol. The molecule has 0 amide bonds. The van der Waals surface area contributed by atoms with Crippen molar-refractivity contribution in [3.05, 3.63) is 29.0 Å². The first kappa shape index (κ1) is 9.88. The Morgan fingerprint density at radius 1 is 1.54 bits per heavy atom. The molecule has 0 heterocycles.